The predicted octanol–water partition coefficient (Wildman–Crippen LogP) is 3.61. The highest BCUT2D eigenvalue weighted by atomic mass is 79.9. The summed E-state index contributed by atoms with van der Waals surface area (Å²) in [5.41, 5.74) is 3.30. The molecule has 1 aliphatic heterocycles. The molecule has 1 heterocycles. The summed E-state index contributed by atoms with van der Waals surface area (Å²) < 4.78 is 0.917. The predicted molar refractivity (Wildman–Crippen MR) is 99.9 cm³/mol. The van der Waals surface area contributed by atoms with Crippen molar-refractivity contribution in [3.63, 3.8) is 0 Å². The van der Waals surface area contributed by atoms with Crippen LogP contribution in [0.3, 0.4) is 0 Å². The molecule has 4 rings (SSSR count). The van der Waals surface area contributed by atoms with Crippen LogP contribution in [0, 0.1) is 11.8 Å². The second-order valence-electron chi connectivity index (χ2n) is 6.73. The van der Waals surface area contributed by atoms with E-state index in [4.69, 9.17) is 0 Å². The number of carbonyl (C=O) groups excluding carboxylic acids is 2. The van der Waals surface area contributed by atoms with E-state index >= 15 is 0 Å². The molecule has 0 bridgehead atoms. The first-order chi connectivity index (χ1) is 12.1. The fourth-order valence-corrected chi connectivity index (χ4v) is 3.88. The van der Waals surface area contributed by atoms with E-state index in [2.05, 4.69) is 33.4 Å². The fourth-order valence-electron chi connectivity index (χ4n) is 3.48. The summed E-state index contributed by atoms with van der Waals surface area (Å²) in [6.07, 6.45) is 1.54. The van der Waals surface area contributed by atoms with Crippen molar-refractivity contribution in [1.82, 2.24) is 4.90 Å². The molecule has 4 nitrogen and oxygen atoms in total. The molecule has 2 aliphatic rings. The Morgan fingerprint density at radius 1 is 1.04 bits per heavy atom. The van der Waals surface area contributed by atoms with Crippen LogP contribution in [0.15, 0.2) is 53.0 Å². The van der Waals surface area contributed by atoms with Gasteiger partial charge >= 0.3 is 0 Å². The third-order valence-corrected chi connectivity index (χ3v) is 5.47. The topological polar surface area (TPSA) is 49.4 Å². The van der Waals surface area contributed by atoms with Crippen LogP contribution in [0.1, 0.15) is 17.5 Å². The molecule has 0 spiro atoms. The van der Waals surface area contributed by atoms with Crippen LogP contribution in [-0.2, 0) is 22.6 Å². The van der Waals surface area contributed by atoms with Gasteiger partial charge in [-0.05, 0) is 42.2 Å². The van der Waals surface area contributed by atoms with Gasteiger partial charge in [-0.2, -0.15) is 0 Å². The molecule has 0 saturated heterocycles. The molecule has 1 aliphatic carbocycles. The van der Waals surface area contributed by atoms with E-state index in [-0.39, 0.29) is 23.7 Å². The number of nitrogens with zero attached hydrogens (tertiary/aromatic N) is 1. The molecule has 128 valence electrons. The summed E-state index contributed by atoms with van der Waals surface area (Å²) in [5, 5.41) is 2.91. The molecule has 2 unspecified atom stereocenters. The van der Waals surface area contributed by atoms with Crippen molar-refractivity contribution in [2.75, 3.05) is 11.9 Å². The molecule has 1 saturated carbocycles. The van der Waals surface area contributed by atoms with Gasteiger partial charge in [0.25, 0.3) is 0 Å². The molecule has 2 aromatic carbocycles. The van der Waals surface area contributed by atoms with E-state index in [9.17, 15) is 9.59 Å². The Hall–Kier alpha value is -2.14. The van der Waals surface area contributed by atoms with E-state index in [1.54, 1.807) is 0 Å². The van der Waals surface area contributed by atoms with E-state index in [0.29, 0.717) is 13.0 Å². The lowest BCUT2D eigenvalue weighted by atomic mass is 9.99. The SMILES string of the molecule is O=C(Nc1cccc(Br)c1)C1CC1C(=O)N1CCc2ccccc2C1. The Kier molecular flexibility index (Phi) is 4.34. The smallest absolute Gasteiger partial charge is 0.228 e. The Morgan fingerprint density at radius 3 is 2.64 bits per heavy atom. The van der Waals surface area contributed by atoms with Crippen LogP contribution in [0.4, 0.5) is 5.69 Å². The van der Waals surface area contributed by atoms with Gasteiger partial charge in [0.05, 0.1) is 11.8 Å². The number of anilines is 1. The molecular weight excluding hydrogens is 380 g/mol. The monoisotopic (exact) mass is 398 g/mol. The van der Waals surface area contributed by atoms with Gasteiger partial charge in [0, 0.05) is 23.2 Å². The third kappa shape index (κ3) is 3.47. The Morgan fingerprint density at radius 2 is 1.84 bits per heavy atom. The molecule has 2 atom stereocenters. The largest absolute Gasteiger partial charge is 0.338 e. The molecule has 2 amide bonds. The first-order valence-corrected chi connectivity index (χ1v) is 9.33. The zero-order chi connectivity index (χ0) is 17.4. The van der Waals surface area contributed by atoms with Crippen LogP contribution in [-0.4, -0.2) is 23.3 Å². The standard InChI is InChI=1S/C20H19BrN2O2/c21-15-6-3-7-16(10-15)22-19(24)17-11-18(17)20(25)23-9-8-13-4-1-2-5-14(13)12-23/h1-7,10,17-18H,8-9,11-12H2,(H,22,24). The Labute approximate surface area is 155 Å². The van der Waals surface area contributed by atoms with Crippen LogP contribution in [0.2, 0.25) is 0 Å². The summed E-state index contributed by atoms with van der Waals surface area (Å²) in [6.45, 7) is 1.40. The maximum Gasteiger partial charge on any atom is 0.228 e. The molecule has 0 aromatic heterocycles. The quantitative estimate of drug-likeness (QED) is 0.858. The van der Waals surface area contributed by atoms with Crippen molar-refractivity contribution < 1.29 is 9.59 Å². The summed E-state index contributed by atoms with van der Waals surface area (Å²) in [7, 11) is 0. The van der Waals surface area contributed by atoms with Gasteiger partial charge in [0.2, 0.25) is 11.8 Å². The number of rotatable bonds is 3. The number of halogens is 1. The molecule has 5 heteroatoms. The molecule has 1 fully saturated rings. The zero-order valence-electron chi connectivity index (χ0n) is 13.7. The number of nitrogens with one attached hydrogen (secondary N) is 1. The van der Waals surface area contributed by atoms with Gasteiger partial charge in [-0.25, -0.2) is 0 Å². The van der Waals surface area contributed by atoms with Gasteiger partial charge in [-0.3, -0.25) is 9.59 Å². The van der Waals surface area contributed by atoms with Crippen LogP contribution >= 0.6 is 15.9 Å². The van der Waals surface area contributed by atoms with Gasteiger partial charge < -0.3 is 10.2 Å². The summed E-state index contributed by atoms with van der Waals surface area (Å²) in [5.74, 6) is -0.321. The van der Waals surface area contributed by atoms with Crippen molar-refractivity contribution in [2.24, 2.45) is 11.8 Å². The first-order valence-electron chi connectivity index (χ1n) is 8.54. The average Bonchev–Trinajstić information content (AvgIpc) is 3.41. The maximum absolute atomic E-state index is 12.7. The lowest BCUT2D eigenvalue weighted by Crippen LogP contribution is -2.37. The van der Waals surface area contributed by atoms with E-state index in [0.717, 1.165) is 23.1 Å². The van der Waals surface area contributed by atoms with E-state index in [1.165, 1.54) is 11.1 Å². The van der Waals surface area contributed by atoms with Crippen LogP contribution in [0.25, 0.3) is 0 Å². The van der Waals surface area contributed by atoms with Crippen LogP contribution < -0.4 is 5.32 Å². The second kappa shape index (κ2) is 6.64. The number of amides is 2. The summed E-state index contributed by atoms with van der Waals surface area (Å²) in [6, 6.07) is 15.8. The molecule has 25 heavy (non-hydrogen) atoms. The number of hydrogen-bond acceptors (Lipinski definition) is 2. The van der Waals surface area contributed by atoms with Crippen molar-refractivity contribution >= 4 is 33.4 Å². The Balaban J connectivity index is 1.36. The van der Waals surface area contributed by atoms with E-state index in [1.807, 2.05) is 41.3 Å². The van der Waals surface area contributed by atoms with Crippen molar-refractivity contribution in [1.29, 1.82) is 0 Å². The molecule has 1 N–H and O–H groups in total. The van der Waals surface area contributed by atoms with Gasteiger partial charge in [0.1, 0.15) is 0 Å². The molecular formula is C20H19BrN2O2. The number of hydrogen-bond donors (Lipinski definition) is 1. The minimum Gasteiger partial charge on any atom is -0.338 e. The zero-order valence-corrected chi connectivity index (χ0v) is 15.3. The highest BCUT2D eigenvalue weighted by Gasteiger charge is 2.49. The minimum atomic E-state index is -0.205. The average molecular weight is 399 g/mol. The van der Waals surface area contributed by atoms with Crippen molar-refractivity contribution in [3.05, 3.63) is 64.1 Å². The number of fused-ring (bicyclic) bond motifs is 1. The van der Waals surface area contributed by atoms with Crippen LogP contribution in [0.5, 0.6) is 0 Å². The fraction of sp³-hybridized carbons (Fsp3) is 0.300. The highest BCUT2D eigenvalue weighted by molar-refractivity contribution is 9.10. The van der Waals surface area contributed by atoms with Gasteiger partial charge in [0.15, 0.2) is 0 Å². The highest BCUT2D eigenvalue weighted by Crippen LogP contribution is 2.41. The Bertz CT molecular complexity index is 836. The van der Waals surface area contributed by atoms with E-state index < -0.39 is 0 Å². The van der Waals surface area contributed by atoms with Gasteiger partial charge in [-0.1, -0.05) is 46.3 Å². The summed E-state index contributed by atoms with van der Waals surface area (Å²) >= 11 is 3.39. The van der Waals surface area contributed by atoms with Gasteiger partial charge in [-0.15, -0.1) is 0 Å². The molecule has 2 aromatic rings. The normalized spacial score (nSPS) is 21.4. The lowest BCUT2D eigenvalue weighted by Gasteiger charge is -2.29. The van der Waals surface area contributed by atoms with Crippen molar-refractivity contribution in [3.8, 4) is 0 Å². The lowest BCUT2D eigenvalue weighted by molar-refractivity contribution is -0.135. The minimum absolute atomic E-state index is 0.0612. The van der Waals surface area contributed by atoms with Crippen molar-refractivity contribution in [2.45, 2.75) is 19.4 Å². The third-order valence-electron chi connectivity index (χ3n) is 4.98. The first kappa shape index (κ1) is 16.3. The molecule has 0 radical (unpaired) electrons. The second-order valence-corrected chi connectivity index (χ2v) is 7.64. The maximum atomic E-state index is 12.7. The summed E-state index contributed by atoms with van der Waals surface area (Å²) in [4.78, 5) is 27.0. The number of carbonyl (C=O) groups is 2. The number of benzene rings is 2.